The molecule has 1 saturated heterocycles. The van der Waals surface area contributed by atoms with E-state index in [0.29, 0.717) is 21.2 Å². The second-order valence-electron chi connectivity index (χ2n) is 4.67. The molecule has 2 nitrogen and oxygen atoms in total. The summed E-state index contributed by atoms with van der Waals surface area (Å²) in [5, 5.41) is 1.33. The summed E-state index contributed by atoms with van der Waals surface area (Å²) in [6, 6.07) is 2.18. The Morgan fingerprint density at radius 1 is 1.22 bits per heavy atom. The van der Waals surface area contributed by atoms with Gasteiger partial charge in [-0.05, 0) is 25.3 Å². The van der Waals surface area contributed by atoms with Crippen molar-refractivity contribution in [3.05, 3.63) is 21.3 Å². The maximum atomic E-state index is 6.26. The number of nitrogens with zero attached hydrogens (tertiary/aromatic N) is 2. The lowest BCUT2D eigenvalue weighted by atomic mass is 10.1. The first-order valence-electron chi connectivity index (χ1n) is 6.41. The normalized spacial score (nSPS) is 20.9. The molecule has 0 spiro atoms. The zero-order chi connectivity index (χ0) is 13.1. The van der Waals surface area contributed by atoms with Crippen LogP contribution in [0.25, 0.3) is 0 Å². The van der Waals surface area contributed by atoms with Crippen LogP contribution in [0.3, 0.4) is 0 Å². The Morgan fingerprint density at radius 3 is 2.72 bits per heavy atom. The predicted octanol–water partition coefficient (Wildman–Crippen LogP) is 5.20. The lowest BCUT2D eigenvalue weighted by molar-refractivity contribution is 0.552. The maximum Gasteiger partial charge on any atom is 0.150 e. The van der Waals surface area contributed by atoms with Crippen molar-refractivity contribution >= 4 is 40.6 Å². The number of pyridine rings is 1. The molecular weight excluding hydrogens is 291 g/mol. The molecule has 0 N–H and O–H groups in total. The first kappa shape index (κ1) is 14.2. The van der Waals surface area contributed by atoms with Gasteiger partial charge in [0.25, 0.3) is 0 Å². The van der Waals surface area contributed by atoms with Crippen LogP contribution in [0.2, 0.25) is 15.2 Å². The van der Waals surface area contributed by atoms with Gasteiger partial charge in [-0.1, -0.05) is 54.6 Å². The molecule has 1 aromatic rings. The molecule has 2 rings (SSSR count). The van der Waals surface area contributed by atoms with Crippen molar-refractivity contribution in [2.75, 3.05) is 11.4 Å². The highest BCUT2D eigenvalue weighted by Crippen LogP contribution is 2.34. The van der Waals surface area contributed by atoms with E-state index >= 15 is 0 Å². The molecule has 2 heterocycles. The molecule has 0 saturated carbocycles. The molecule has 5 heteroatoms. The van der Waals surface area contributed by atoms with E-state index in [1.165, 1.54) is 25.7 Å². The van der Waals surface area contributed by atoms with Crippen LogP contribution in [0.15, 0.2) is 6.07 Å². The Labute approximate surface area is 123 Å². The highest BCUT2D eigenvalue weighted by atomic mass is 35.5. The summed E-state index contributed by atoms with van der Waals surface area (Å²) < 4.78 is 0. The van der Waals surface area contributed by atoms with E-state index in [1.807, 2.05) is 0 Å². The standard InChI is InChI=1S/C13H17Cl3N2/c1-2-9-6-4-3-5-7-18(9)13-11(15)8-10(14)12(16)17-13/h8-9H,2-7H2,1H3. The number of aromatic nitrogens is 1. The van der Waals surface area contributed by atoms with E-state index in [0.717, 1.165) is 18.8 Å². The van der Waals surface area contributed by atoms with Gasteiger partial charge in [-0.25, -0.2) is 4.98 Å². The SMILES string of the molecule is CCC1CCCCCN1c1nc(Cl)c(Cl)cc1Cl. The number of halogens is 3. The van der Waals surface area contributed by atoms with E-state index in [1.54, 1.807) is 6.07 Å². The van der Waals surface area contributed by atoms with Gasteiger partial charge < -0.3 is 4.90 Å². The molecule has 1 aliphatic heterocycles. The largest absolute Gasteiger partial charge is 0.352 e. The van der Waals surface area contributed by atoms with Crippen LogP contribution < -0.4 is 4.90 Å². The van der Waals surface area contributed by atoms with Crippen molar-refractivity contribution in [2.45, 2.75) is 45.1 Å². The lowest BCUT2D eigenvalue weighted by Gasteiger charge is -2.31. The molecule has 1 unspecified atom stereocenters. The molecule has 0 aromatic carbocycles. The van der Waals surface area contributed by atoms with Crippen LogP contribution in [0.4, 0.5) is 5.82 Å². The van der Waals surface area contributed by atoms with Gasteiger partial charge in [0.05, 0.1) is 10.0 Å². The Hall–Kier alpha value is -0.180. The fourth-order valence-electron chi connectivity index (χ4n) is 2.52. The highest BCUT2D eigenvalue weighted by Gasteiger charge is 2.23. The number of anilines is 1. The second kappa shape index (κ2) is 6.31. The van der Waals surface area contributed by atoms with Crippen LogP contribution >= 0.6 is 34.8 Å². The Morgan fingerprint density at radius 2 is 2.00 bits per heavy atom. The van der Waals surface area contributed by atoms with Gasteiger partial charge in [0.15, 0.2) is 0 Å². The van der Waals surface area contributed by atoms with Gasteiger partial charge in [0.2, 0.25) is 0 Å². The van der Waals surface area contributed by atoms with Crippen LogP contribution in [0.1, 0.15) is 39.0 Å². The monoisotopic (exact) mass is 306 g/mol. The number of hydrogen-bond donors (Lipinski definition) is 0. The van der Waals surface area contributed by atoms with E-state index in [9.17, 15) is 0 Å². The van der Waals surface area contributed by atoms with E-state index < -0.39 is 0 Å². The average Bonchev–Trinajstić information content (AvgIpc) is 2.58. The zero-order valence-electron chi connectivity index (χ0n) is 10.4. The van der Waals surface area contributed by atoms with Crippen LogP contribution in [0, 0.1) is 0 Å². The highest BCUT2D eigenvalue weighted by molar-refractivity contribution is 6.42. The Balaban J connectivity index is 2.35. The molecule has 1 aliphatic rings. The molecule has 18 heavy (non-hydrogen) atoms. The number of hydrogen-bond acceptors (Lipinski definition) is 2. The van der Waals surface area contributed by atoms with Gasteiger partial charge in [-0.2, -0.15) is 0 Å². The summed E-state index contributed by atoms with van der Waals surface area (Å²) in [6.07, 6.45) is 6.00. The molecule has 0 amide bonds. The van der Waals surface area contributed by atoms with Crippen molar-refractivity contribution in [1.82, 2.24) is 4.98 Å². The smallest absolute Gasteiger partial charge is 0.150 e. The van der Waals surface area contributed by atoms with E-state index in [4.69, 9.17) is 34.8 Å². The van der Waals surface area contributed by atoms with Gasteiger partial charge >= 0.3 is 0 Å². The maximum absolute atomic E-state index is 6.26. The first-order valence-corrected chi connectivity index (χ1v) is 7.55. The Bertz CT molecular complexity index is 423. The van der Waals surface area contributed by atoms with Crippen molar-refractivity contribution in [2.24, 2.45) is 0 Å². The topological polar surface area (TPSA) is 16.1 Å². The number of rotatable bonds is 2. The van der Waals surface area contributed by atoms with Crippen molar-refractivity contribution < 1.29 is 0 Å². The van der Waals surface area contributed by atoms with Gasteiger partial charge in [-0.3, -0.25) is 0 Å². The van der Waals surface area contributed by atoms with Gasteiger partial charge in [0, 0.05) is 12.6 Å². The first-order chi connectivity index (χ1) is 8.63. The summed E-state index contributed by atoms with van der Waals surface area (Å²) >= 11 is 18.2. The fraction of sp³-hybridized carbons (Fsp3) is 0.615. The van der Waals surface area contributed by atoms with Crippen molar-refractivity contribution in [3.63, 3.8) is 0 Å². The summed E-state index contributed by atoms with van der Waals surface area (Å²) in [7, 11) is 0. The minimum absolute atomic E-state index is 0.329. The van der Waals surface area contributed by atoms with Crippen LogP contribution in [-0.4, -0.2) is 17.6 Å². The molecule has 0 radical (unpaired) electrons. The minimum atomic E-state index is 0.329. The predicted molar refractivity (Wildman–Crippen MR) is 79.2 cm³/mol. The quantitative estimate of drug-likeness (QED) is 0.698. The third-order valence-electron chi connectivity index (χ3n) is 3.49. The summed E-state index contributed by atoms with van der Waals surface area (Å²) in [6.45, 7) is 3.19. The summed E-state index contributed by atoms with van der Waals surface area (Å²) in [5.74, 6) is 0.778. The molecular formula is C13H17Cl3N2. The summed E-state index contributed by atoms with van der Waals surface area (Å²) in [5.41, 5.74) is 0. The molecule has 1 aromatic heterocycles. The third kappa shape index (κ3) is 3.04. The molecule has 0 aliphatic carbocycles. The van der Waals surface area contributed by atoms with Gasteiger partial charge in [0.1, 0.15) is 11.0 Å². The Kier molecular flexibility index (Phi) is 4.99. The van der Waals surface area contributed by atoms with Crippen LogP contribution in [0.5, 0.6) is 0 Å². The average molecular weight is 308 g/mol. The molecule has 1 fully saturated rings. The summed E-state index contributed by atoms with van der Waals surface area (Å²) in [4.78, 5) is 6.65. The molecule has 1 atom stereocenters. The lowest BCUT2D eigenvalue weighted by Crippen LogP contribution is -2.35. The zero-order valence-corrected chi connectivity index (χ0v) is 12.7. The van der Waals surface area contributed by atoms with Crippen molar-refractivity contribution in [1.29, 1.82) is 0 Å². The minimum Gasteiger partial charge on any atom is -0.352 e. The third-order valence-corrected chi connectivity index (χ3v) is 4.44. The molecule has 100 valence electrons. The second-order valence-corrected chi connectivity index (χ2v) is 5.84. The van der Waals surface area contributed by atoms with E-state index in [2.05, 4.69) is 16.8 Å². The van der Waals surface area contributed by atoms with Crippen LogP contribution in [-0.2, 0) is 0 Å². The fourth-order valence-corrected chi connectivity index (χ4v) is 3.12. The van der Waals surface area contributed by atoms with Crippen molar-refractivity contribution in [3.8, 4) is 0 Å². The molecule has 0 bridgehead atoms. The van der Waals surface area contributed by atoms with Gasteiger partial charge in [-0.15, -0.1) is 0 Å². The van der Waals surface area contributed by atoms with E-state index in [-0.39, 0.29) is 0 Å².